The lowest BCUT2D eigenvalue weighted by Crippen LogP contribution is -2.56. The number of aliphatic hydroxyl groups is 1. The van der Waals surface area contributed by atoms with Gasteiger partial charge in [0.25, 0.3) is 23.6 Å². The van der Waals surface area contributed by atoms with Crippen LogP contribution in [0.25, 0.3) is 0 Å². The number of benzene rings is 2. The molecule has 0 saturated carbocycles. The first-order valence-corrected chi connectivity index (χ1v) is 25.6. The third-order valence-corrected chi connectivity index (χ3v) is 13.6. The van der Waals surface area contributed by atoms with E-state index in [9.17, 15) is 38.7 Å². The molecule has 3 fully saturated rings. The van der Waals surface area contributed by atoms with Crippen LogP contribution in [0.4, 0.5) is 5.69 Å². The number of amides is 4. The van der Waals surface area contributed by atoms with Crippen LogP contribution in [0.2, 0.25) is 0 Å². The molecule has 2 aromatic carbocycles. The van der Waals surface area contributed by atoms with Crippen molar-refractivity contribution in [3.8, 4) is 0 Å². The summed E-state index contributed by atoms with van der Waals surface area (Å²) in [5, 5.41) is 12.1. The normalized spacial score (nSPS) is 26.7. The molecule has 3 aliphatic rings. The number of piperidine rings is 1. The highest BCUT2D eigenvalue weighted by molar-refractivity contribution is 5.92. The van der Waals surface area contributed by atoms with E-state index in [1.165, 1.54) is 42.8 Å². The number of nitrogens with zero attached hydrogens (tertiary/aromatic N) is 5. The molecule has 3 saturated heterocycles. The zero-order valence-electron chi connectivity index (χ0n) is 44.0. The van der Waals surface area contributed by atoms with E-state index in [4.69, 9.17) is 23.7 Å². The molecule has 2 aromatic rings. The minimum Gasteiger partial charge on any atom is -0.454 e. The van der Waals surface area contributed by atoms with Crippen molar-refractivity contribution in [2.75, 3.05) is 65.5 Å². The van der Waals surface area contributed by atoms with E-state index in [-0.39, 0.29) is 62.8 Å². The van der Waals surface area contributed by atoms with Crippen molar-refractivity contribution in [1.82, 2.24) is 19.6 Å². The summed E-state index contributed by atoms with van der Waals surface area (Å²) < 4.78 is 29.5. The molecule has 4 amide bonds. The molecule has 8 atom stereocenters. The van der Waals surface area contributed by atoms with E-state index in [0.29, 0.717) is 37.2 Å². The summed E-state index contributed by atoms with van der Waals surface area (Å²) in [6, 6.07) is 12.0. The summed E-state index contributed by atoms with van der Waals surface area (Å²) in [6.45, 7) is 14.7. The van der Waals surface area contributed by atoms with Crippen molar-refractivity contribution in [1.29, 1.82) is 0 Å². The average Bonchev–Trinajstić information content (AvgIpc) is 3.36. The van der Waals surface area contributed by atoms with Crippen LogP contribution in [-0.2, 0) is 70.1 Å². The van der Waals surface area contributed by atoms with Crippen molar-refractivity contribution in [2.24, 2.45) is 17.8 Å². The Bertz CT molecular complexity index is 2130. The van der Waals surface area contributed by atoms with Crippen molar-refractivity contribution >= 4 is 47.2 Å². The number of ether oxygens (including phenoxy) is 5. The molecule has 72 heavy (non-hydrogen) atoms. The van der Waals surface area contributed by atoms with Gasteiger partial charge >= 0.3 is 17.9 Å². The number of morpholine rings is 1. The lowest BCUT2D eigenvalue weighted by Gasteiger charge is -2.39. The number of hydrogen-bond donors (Lipinski definition) is 1. The van der Waals surface area contributed by atoms with Gasteiger partial charge in [0, 0.05) is 59.3 Å². The van der Waals surface area contributed by atoms with Crippen LogP contribution < -0.4 is 4.90 Å². The lowest BCUT2D eigenvalue weighted by molar-refractivity contribution is -0.195. The van der Waals surface area contributed by atoms with E-state index in [1.54, 1.807) is 30.3 Å². The van der Waals surface area contributed by atoms with Crippen molar-refractivity contribution in [3.63, 3.8) is 0 Å². The van der Waals surface area contributed by atoms with E-state index in [2.05, 4.69) is 4.90 Å². The third-order valence-electron chi connectivity index (χ3n) is 13.6. The highest BCUT2D eigenvalue weighted by Gasteiger charge is 2.43. The Kier molecular flexibility index (Phi) is 21.4. The smallest absolute Gasteiger partial charge is 0.329 e. The minimum absolute atomic E-state index is 0.00999. The molecular weight excluding hydrogens is 927 g/mol. The molecular formula is C54H79N5O13. The third kappa shape index (κ3) is 15.7. The van der Waals surface area contributed by atoms with Gasteiger partial charge < -0.3 is 53.3 Å². The second kappa shape index (κ2) is 26.9. The van der Waals surface area contributed by atoms with Gasteiger partial charge in [-0.05, 0) is 86.5 Å². The Morgan fingerprint density at radius 3 is 1.79 bits per heavy atom. The maximum atomic E-state index is 14.9. The highest BCUT2D eigenvalue weighted by atomic mass is 16.6. The largest absolute Gasteiger partial charge is 0.454 e. The molecule has 0 spiro atoms. The predicted octanol–water partition coefficient (Wildman–Crippen LogP) is 4.41. The summed E-state index contributed by atoms with van der Waals surface area (Å²) in [7, 11) is 4.27. The van der Waals surface area contributed by atoms with E-state index >= 15 is 0 Å². The van der Waals surface area contributed by atoms with Crippen molar-refractivity contribution in [2.45, 2.75) is 149 Å². The Balaban J connectivity index is 1.55. The number of hydrogen-bond acceptors (Lipinski definition) is 14. The van der Waals surface area contributed by atoms with Crippen LogP contribution in [0.15, 0.2) is 54.6 Å². The summed E-state index contributed by atoms with van der Waals surface area (Å²) in [5.41, 5.74) is 2.35. The van der Waals surface area contributed by atoms with Crippen LogP contribution in [0.1, 0.15) is 98.1 Å². The molecule has 1 unspecified atom stereocenters. The van der Waals surface area contributed by atoms with E-state index in [1.807, 2.05) is 65.8 Å². The van der Waals surface area contributed by atoms with Crippen molar-refractivity contribution in [3.05, 3.63) is 65.7 Å². The van der Waals surface area contributed by atoms with Crippen molar-refractivity contribution < 1.29 is 62.4 Å². The van der Waals surface area contributed by atoms with Crippen LogP contribution in [0, 0.1) is 17.8 Å². The first-order chi connectivity index (χ1) is 34.2. The van der Waals surface area contributed by atoms with Gasteiger partial charge in [-0.2, -0.15) is 0 Å². The van der Waals surface area contributed by atoms with E-state index in [0.717, 1.165) is 23.7 Å². The topological polar surface area (TPSA) is 202 Å². The highest BCUT2D eigenvalue weighted by Crippen LogP contribution is 2.27. The number of esters is 3. The molecule has 0 aliphatic carbocycles. The van der Waals surface area contributed by atoms with Gasteiger partial charge in [0.1, 0.15) is 24.2 Å². The van der Waals surface area contributed by atoms with Crippen LogP contribution in [0.5, 0.6) is 0 Å². The number of rotatable bonds is 11. The molecule has 0 bridgehead atoms. The Morgan fingerprint density at radius 2 is 1.18 bits per heavy atom. The standard InChI is InChI=1S/C54H79N5O13/c1-34(2)28-42-53(66)71-45(31-38-16-12-11-13-17-38)49(62)57(10)43(29-35(3)4)52(65)70-37(7)48(61)56(9)44(30-36(5)6)54(67)72-46(32-39-19-21-40(22-20-39)58-24-26-68-27-25-58)50(63)59-23-15-14-18-41(59)51(64)69-33-47(60)55(42)8/h11-13,16-17,19-22,34-37,41-46,54,67H,14-15,18,23-33H2,1-10H3/t37-,41+,42+,43+,44+,45-,46-,54?/m1/s1. The molecule has 1 N–H and O–H groups in total. The van der Waals surface area contributed by atoms with Crippen LogP contribution in [-0.4, -0.2) is 176 Å². The zero-order valence-corrected chi connectivity index (χ0v) is 44.0. The van der Waals surface area contributed by atoms with Crippen LogP contribution in [0.3, 0.4) is 0 Å². The van der Waals surface area contributed by atoms with E-state index < -0.39 is 96.9 Å². The second-order valence-electron chi connectivity index (χ2n) is 20.7. The first kappa shape index (κ1) is 57.3. The molecule has 3 heterocycles. The van der Waals surface area contributed by atoms with Gasteiger partial charge in [-0.1, -0.05) is 84.0 Å². The molecule has 0 aromatic heterocycles. The molecule has 3 aliphatic heterocycles. The number of carbonyl (C=O) groups excluding carboxylic acids is 7. The number of fused-ring (bicyclic) bond motifs is 1. The van der Waals surface area contributed by atoms with Gasteiger partial charge in [-0.3, -0.25) is 19.2 Å². The summed E-state index contributed by atoms with van der Waals surface area (Å²) in [4.78, 5) is 108. The minimum atomic E-state index is -1.74. The average molecular weight is 1010 g/mol. The molecule has 18 heteroatoms. The summed E-state index contributed by atoms with van der Waals surface area (Å²) in [5.74, 6) is -5.63. The fraction of sp³-hybridized carbons (Fsp3) is 0.648. The fourth-order valence-electron chi connectivity index (χ4n) is 9.49. The monoisotopic (exact) mass is 1010 g/mol. The van der Waals surface area contributed by atoms with Gasteiger partial charge in [0.05, 0.1) is 19.3 Å². The van der Waals surface area contributed by atoms with Gasteiger partial charge in [-0.25, -0.2) is 14.4 Å². The maximum absolute atomic E-state index is 14.9. The summed E-state index contributed by atoms with van der Waals surface area (Å²) in [6.07, 6.45) is -4.18. The van der Waals surface area contributed by atoms with Crippen LogP contribution >= 0.6 is 0 Å². The molecule has 5 rings (SSSR count). The zero-order chi connectivity index (χ0) is 52.8. The second-order valence-corrected chi connectivity index (χ2v) is 20.7. The number of aliphatic hydroxyl groups excluding tert-OH is 1. The SMILES string of the molecule is CC(C)C[C@H]1C(=O)O[C@H](Cc2ccccc2)C(=O)N(C)[C@@H](CC(C)C)C(=O)O[C@H](C)C(=O)N(C)[C@@H](CC(C)C)C(O)O[C@H](Cc2ccc(N3CCOCC3)cc2)C(=O)N2CCCC[C@H]2C(=O)OCC(=O)N1C. The lowest BCUT2D eigenvalue weighted by atomic mass is 9.99. The number of carbonyl (C=O) groups is 7. The number of likely N-dealkylation sites (N-methyl/N-ethyl adjacent to an activating group) is 3. The predicted molar refractivity (Wildman–Crippen MR) is 268 cm³/mol. The molecule has 0 radical (unpaired) electrons. The molecule has 398 valence electrons. The number of anilines is 1. The fourth-order valence-corrected chi connectivity index (χ4v) is 9.49. The maximum Gasteiger partial charge on any atom is 0.329 e. The number of cyclic esters (lactones) is 3. The Morgan fingerprint density at radius 1 is 0.611 bits per heavy atom. The van der Waals surface area contributed by atoms with Gasteiger partial charge in [-0.15, -0.1) is 0 Å². The first-order valence-electron chi connectivity index (χ1n) is 25.6. The van der Waals surface area contributed by atoms with Gasteiger partial charge in [0.15, 0.2) is 25.1 Å². The van der Waals surface area contributed by atoms with Gasteiger partial charge in [0.2, 0.25) is 0 Å². The summed E-state index contributed by atoms with van der Waals surface area (Å²) >= 11 is 0. The molecule has 18 nitrogen and oxygen atoms in total. The Hall–Kier alpha value is -5.59. The Labute approximate surface area is 425 Å². The quantitative estimate of drug-likeness (QED) is 0.245.